The molecule has 0 aromatic heterocycles. The number of hydrogen-bond acceptors (Lipinski definition) is 3. The van der Waals surface area contributed by atoms with Crippen LogP contribution in [0, 0.1) is 5.21 Å². The topological polar surface area (TPSA) is 68.0 Å². The van der Waals surface area contributed by atoms with E-state index in [4.69, 9.17) is 10.2 Å². The molecule has 1 fully saturated rings. The zero-order valence-electron chi connectivity index (χ0n) is 5.54. The van der Waals surface area contributed by atoms with E-state index in [0.717, 1.165) is 0 Å². The van der Waals surface area contributed by atoms with Gasteiger partial charge in [-0.1, -0.05) is 0 Å². The van der Waals surface area contributed by atoms with Crippen LogP contribution in [0.15, 0.2) is 0 Å². The van der Waals surface area contributed by atoms with Gasteiger partial charge < -0.3 is 20.5 Å². The maximum atomic E-state index is 10.5. The number of quaternary nitrogens is 1. The summed E-state index contributed by atoms with van der Waals surface area (Å²) in [6.07, 6.45) is 0.400. The Bertz CT molecular complexity index is 99.1. The van der Waals surface area contributed by atoms with E-state index in [-0.39, 0.29) is 30.3 Å². The molecule has 0 saturated carbocycles. The summed E-state index contributed by atoms with van der Waals surface area (Å²) >= 11 is 0. The minimum Gasteiger partial charge on any atom is -0.634 e. The summed E-state index contributed by atoms with van der Waals surface area (Å²) in [5.74, 6) is -1.56. The number of nitrogens with one attached hydrogen (secondary N) is 1. The van der Waals surface area contributed by atoms with Crippen LogP contribution in [0.25, 0.3) is 0 Å². The lowest BCUT2D eigenvalue weighted by Crippen LogP contribution is -3.09. The van der Waals surface area contributed by atoms with Crippen LogP contribution in [-0.2, 0) is 0 Å². The predicted octanol–water partition coefficient (Wildman–Crippen LogP) is -1.73. The molecule has 0 unspecified atom stereocenters. The van der Waals surface area contributed by atoms with Crippen molar-refractivity contribution in [1.29, 1.82) is 0 Å². The summed E-state index contributed by atoms with van der Waals surface area (Å²) in [7, 11) is 0. The van der Waals surface area contributed by atoms with E-state index in [2.05, 4.69) is 0 Å². The molecular formula is C5H12ClNO3. The second-order valence-corrected chi connectivity index (χ2v) is 2.52. The lowest BCUT2D eigenvalue weighted by Gasteiger charge is -2.33. The van der Waals surface area contributed by atoms with Crippen molar-refractivity contribution < 1.29 is 15.3 Å². The monoisotopic (exact) mass is 169 g/mol. The minimum atomic E-state index is -1.56. The van der Waals surface area contributed by atoms with Gasteiger partial charge in [0, 0.05) is 0 Å². The number of halogens is 1. The minimum absolute atomic E-state index is 0. The third kappa shape index (κ3) is 2.81. The number of aliphatic hydroxyl groups is 2. The molecular weight excluding hydrogens is 158 g/mol. The van der Waals surface area contributed by atoms with E-state index < -0.39 is 5.79 Å². The van der Waals surface area contributed by atoms with Crippen LogP contribution >= 0.6 is 12.4 Å². The van der Waals surface area contributed by atoms with Crippen LogP contribution < -0.4 is 5.06 Å². The van der Waals surface area contributed by atoms with E-state index in [9.17, 15) is 5.21 Å². The fraction of sp³-hybridized carbons (Fsp3) is 1.00. The maximum Gasteiger partial charge on any atom is 0.173 e. The summed E-state index contributed by atoms with van der Waals surface area (Å²) in [4.78, 5) is 0. The molecule has 4 nitrogen and oxygen atoms in total. The predicted molar refractivity (Wildman–Crippen MR) is 37.7 cm³/mol. The molecule has 62 valence electrons. The number of rotatable bonds is 0. The molecule has 10 heavy (non-hydrogen) atoms. The number of piperidine rings is 1. The Kier molecular flexibility index (Phi) is 3.55. The van der Waals surface area contributed by atoms with Gasteiger partial charge in [0.1, 0.15) is 0 Å². The molecule has 1 aliphatic rings. The molecule has 0 bridgehead atoms. The normalized spacial score (nSPS) is 25.5. The summed E-state index contributed by atoms with van der Waals surface area (Å²) < 4.78 is 0. The molecule has 0 spiro atoms. The first-order chi connectivity index (χ1) is 4.10. The first-order valence-corrected chi connectivity index (χ1v) is 3.07. The van der Waals surface area contributed by atoms with Gasteiger partial charge >= 0.3 is 0 Å². The first-order valence-electron chi connectivity index (χ1n) is 3.07. The zero-order valence-corrected chi connectivity index (χ0v) is 6.36. The van der Waals surface area contributed by atoms with Gasteiger partial charge in [-0.2, -0.15) is 0 Å². The summed E-state index contributed by atoms with van der Waals surface area (Å²) in [6, 6.07) is 0. The van der Waals surface area contributed by atoms with Crippen molar-refractivity contribution in [2.75, 3.05) is 13.1 Å². The van der Waals surface area contributed by atoms with Gasteiger partial charge in [0.2, 0.25) is 0 Å². The Labute approximate surface area is 65.4 Å². The van der Waals surface area contributed by atoms with Gasteiger partial charge in [-0.3, -0.25) is 0 Å². The van der Waals surface area contributed by atoms with Gasteiger partial charge in [0.05, 0.1) is 25.9 Å². The van der Waals surface area contributed by atoms with Crippen molar-refractivity contribution in [3.05, 3.63) is 5.21 Å². The number of hydrogen-bond donors (Lipinski definition) is 3. The highest BCUT2D eigenvalue weighted by molar-refractivity contribution is 5.85. The summed E-state index contributed by atoms with van der Waals surface area (Å²) in [5.41, 5.74) is 0. The van der Waals surface area contributed by atoms with Crippen LogP contribution in [-0.4, -0.2) is 29.1 Å². The molecule has 1 rings (SSSR count). The smallest absolute Gasteiger partial charge is 0.173 e. The SMILES string of the molecule is Cl.[O-][NH+]1CCC(O)(O)CC1. The molecule has 0 amide bonds. The van der Waals surface area contributed by atoms with Gasteiger partial charge in [-0.25, -0.2) is 0 Å². The fourth-order valence-electron chi connectivity index (χ4n) is 0.929. The quantitative estimate of drug-likeness (QED) is 0.298. The van der Waals surface area contributed by atoms with Gasteiger partial charge in [-0.05, 0) is 0 Å². The zero-order chi connectivity index (χ0) is 6.91. The molecule has 0 aliphatic carbocycles. The van der Waals surface area contributed by atoms with Crippen LogP contribution in [0.2, 0.25) is 0 Å². The van der Waals surface area contributed by atoms with E-state index in [1.165, 1.54) is 0 Å². The largest absolute Gasteiger partial charge is 0.634 e. The Balaban J connectivity index is 0.000000810. The van der Waals surface area contributed by atoms with Crippen molar-refractivity contribution in [2.24, 2.45) is 0 Å². The molecule has 1 aliphatic heterocycles. The highest BCUT2D eigenvalue weighted by Gasteiger charge is 2.28. The van der Waals surface area contributed by atoms with E-state index >= 15 is 0 Å². The van der Waals surface area contributed by atoms with Gasteiger partial charge in [0.25, 0.3) is 0 Å². The molecule has 0 atom stereocenters. The molecule has 0 aromatic carbocycles. The third-order valence-corrected chi connectivity index (χ3v) is 1.61. The third-order valence-electron chi connectivity index (χ3n) is 1.61. The summed E-state index contributed by atoms with van der Waals surface area (Å²) in [5, 5.41) is 28.5. The summed E-state index contributed by atoms with van der Waals surface area (Å²) in [6.45, 7) is 0.625. The van der Waals surface area contributed by atoms with Crippen LogP contribution in [0.5, 0.6) is 0 Å². The Hall–Kier alpha value is 0.130. The van der Waals surface area contributed by atoms with Crippen molar-refractivity contribution in [2.45, 2.75) is 18.6 Å². The highest BCUT2D eigenvalue weighted by atomic mass is 35.5. The molecule has 1 saturated heterocycles. The average Bonchev–Trinajstić information content (AvgIpc) is 1.78. The average molecular weight is 170 g/mol. The van der Waals surface area contributed by atoms with E-state index in [0.29, 0.717) is 13.1 Å². The Morgan fingerprint density at radius 1 is 1.20 bits per heavy atom. The fourth-order valence-corrected chi connectivity index (χ4v) is 0.929. The molecule has 3 N–H and O–H groups in total. The Morgan fingerprint density at radius 3 is 1.90 bits per heavy atom. The molecule has 0 radical (unpaired) electrons. The second kappa shape index (κ2) is 3.50. The Morgan fingerprint density at radius 2 is 1.60 bits per heavy atom. The van der Waals surface area contributed by atoms with Crippen molar-refractivity contribution in [3.63, 3.8) is 0 Å². The van der Waals surface area contributed by atoms with E-state index in [1.54, 1.807) is 0 Å². The van der Waals surface area contributed by atoms with Crippen LogP contribution in [0.4, 0.5) is 0 Å². The molecule has 0 aromatic rings. The maximum absolute atomic E-state index is 10.5. The first kappa shape index (κ1) is 10.1. The highest BCUT2D eigenvalue weighted by Crippen LogP contribution is 2.10. The van der Waals surface area contributed by atoms with Crippen LogP contribution in [0.3, 0.4) is 0 Å². The van der Waals surface area contributed by atoms with Gasteiger partial charge in [0.15, 0.2) is 5.79 Å². The van der Waals surface area contributed by atoms with E-state index in [1.807, 2.05) is 0 Å². The molecule has 1 heterocycles. The van der Waals surface area contributed by atoms with Crippen molar-refractivity contribution >= 4 is 12.4 Å². The second-order valence-electron chi connectivity index (χ2n) is 2.52. The van der Waals surface area contributed by atoms with Crippen molar-refractivity contribution in [3.8, 4) is 0 Å². The standard InChI is InChI=1S/C5H11NO3.ClH/c7-5(8)1-3-6(9)4-2-5;/h6-8H,1-4H2;1H. The lowest BCUT2D eigenvalue weighted by molar-refractivity contribution is -0.858. The lowest BCUT2D eigenvalue weighted by atomic mass is 10.1. The number of hydroxylamine groups is 2. The van der Waals surface area contributed by atoms with Crippen LogP contribution in [0.1, 0.15) is 12.8 Å². The van der Waals surface area contributed by atoms with Crippen molar-refractivity contribution in [1.82, 2.24) is 0 Å². The van der Waals surface area contributed by atoms with Gasteiger partial charge in [-0.15, -0.1) is 12.4 Å². The molecule has 5 heteroatoms.